The molecule has 2 heterocycles. The van der Waals surface area contributed by atoms with E-state index in [-0.39, 0.29) is 0 Å². The molecule has 0 fully saturated rings. The van der Waals surface area contributed by atoms with E-state index in [9.17, 15) is 0 Å². The van der Waals surface area contributed by atoms with E-state index in [1.165, 1.54) is 24.8 Å². The Morgan fingerprint density at radius 1 is 0.808 bits per heavy atom. The van der Waals surface area contributed by atoms with Gasteiger partial charge in [-0.05, 0) is 49.1 Å². The predicted octanol–water partition coefficient (Wildman–Crippen LogP) is 6.01. The van der Waals surface area contributed by atoms with Gasteiger partial charge >= 0.3 is 0 Å². The first-order chi connectivity index (χ1) is 12.8. The van der Waals surface area contributed by atoms with E-state index in [1.807, 2.05) is 42.6 Å². The summed E-state index contributed by atoms with van der Waals surface area (Å²) in [7, 11) is 0. The van der Waals surface area contributed by atoms with Gasteiger partial charge in [0.2, 0.25) is 0 Å². The summed E-state index contributed by atoms with van der Waals surface area (Å²) in [5.74, 6) is 0. The zero-order valence-corrected chi connectivity index (χ0v) is 15.6. The van der Waals surface area contributed by atoms with Crippen LogP contribution < -0.4 is 5.32 Å². The Balaban J connectivity index is 1.39. The van der Waals surface area contributed by atoms with Crippen molar-refractivity contribution in [3.8, 4) is 11.3 Å². The molecular weight excluding hydrogens is 342 g/mol. The summed E-state index contributed by atoms with van der Waals surface area (Å²) in [5, 5.41) is 4.12. The zero-order chi connectivity index (χ0) is 18.0. The van der Waals surface area contributed by atoms with Gasteiger partial charge in [-0.15, -0.1) is 0 Å². The average Bonchev–Trinajstić information content (AvgIpc) is 2.68. The molecule has 0 bridgehead atoms. The third-order valence-electron chi connectivity index (χ3n) is 4.35. The zero-order valence-electron chi connectivity index (χ0n) is 14.9. The monoisotopic (exact) mass is 365 g/mol. The normalized spacial score (nSPS) is 10.7. The van der Waals surface area contributed by atoms with Crippen molar-refractivity contribution in [2.45, 2.75) is 32.1 Å². The van der Waals surface area contributed by atoms with E-state index in [0.29, 0.717) is 5.15 Å². The van der Waals surface area contributed by atoms with E-state index in [2.05, 4.69) is 33.5 Å². The van der Waals surface area contributed by atoms with Crippen molar-refractivity contribution >= 4 is 17.3 Å². The predicted molar refractivity (Wildman–Crippen MR) is 110 cm³/mol. The van der Waals surface area contributed by atoms with Crippen molar-refractivity contribution in [3.63, 3.8) is 0 Å². The Labute approximate surface area is 160 Å². The second-order valence-corrected chi connectivity index (χ2v) is 6.73. The highest BCUT2D eigenvalue weighted by Gasteiger charge is 2.05. The number of aromatic nitrogens is 2. The molecule has 0 unspecified atom stereocenters. The second-order valence-electron chi connectivity index (χ2n) is 6.34. The molecule has 0 saturated carbocycles. The van der Waals surface area contributed by atoms with E-state index in [1.54, 1.807) is 6.20 Å². The van der Waals surface area contributed by atoms with Crippen LogP contribution in [-0.4, -0.2) is 16.5 Å². The summed E-state index contributed by atoms with van der Waals surface area (Å²) in [5.41, 5.74) is 4.53. The number of hydrogen-bond donors (Lipinski definition) is 1. The minimum Gasteiger partial charge on any atom is -0.383 e. The Kier molecular flexibility index (Phi) is 7.03. The van der Waals surface area contributed by atoms with Crippen LogP contribution in [0.1, 0.15) is 31.2 Å². The summed E-state index contributed by atoms with van der Waals surface area (Å²) in [4.78, 5) is 8.56. The minimum absolute atomic E-state index is 0.581. The molecule has 3 rings (SSSR count). The number of hydrogen-bond acceptors (Lipinski definition) is 3. The van der Waals surface area contributed by atoms with Crippen LogP contribution in [-0.2, 0) is 6.42 Å². The van der Waals surface area contributed by atoms with E-state index >= 15 is 0 Å². The first-order valence-corrected chi connectivity index (χ1v) is 9.55. The molecule has 2 aromatic heterocycles. The van der Waals surface area contributed by atoms with Crippen molar-refractivity contribution < 1.29 is 0 Å². The van der Waals surface area contributed by atoms with Gasteiger partial charge < -0.3 is 5.32 Å². The Morgan fingerprint density at radius 3 is 2.50 bits per heavy atom. The van der Waals surface area contributed by atoms with Gasteiger partial charge in [0, 0.05) is 24.5 Å². The van der Waals surface area contributed by atoms with Crippen molar-refractivity contribution in [3.05, 3.63) is 77.7 Å². The smallest absolute Gasteiger partial charge is 0.129 e. The van der Waals surface area contributed by atoms with Crippen LogP contribution in [0.15, 0.2) is 67.0 Å². The van der Waals surface area contributed by atoms with Gasteiger partial charge in [-0.1, -0.05) is 54.8 Å². The molecular formula is C22H24ClN3. The Hall–Kier alpha value is -2.39. The average molecular weight is 366 g/mol. The fraction of sp³-hybridized carbons (Fsp3) is 0.273. The molecule has 0 atom stereocenters. The van der Waals surface area contributed by atoms with Crippen molar-refractivity contribution in [2.75, 3.05) is 11.9 Å². The van der Waals surface area contributed by atoms with Crippen molar-refractivity contribution in [1.29, 1.82) is 0 Å². The van der Waals surface area contributed by atoms with Gasteiger partial charge in [-0.2, -0.15) is 0 Å². The summed E-state index contributed by atoms with van der Waals surface area (Å²) in [6, 6.07) is 18.4. The summed E-state index contributed by atoms with van der Waals surface area (Å²) >= 11 is 5.92. The van der Waals surface area contributed by atoms with Crippen LogP contribution in [0.25, 0.3) is 11.3 Å². The van der Waals surface area contributed by atoms with Gasteiger partial charge in [0.25, 0.3) is 0 Å². The molecule has 1 aromatic carbocycles. The van der Waals surface area contributed by atoms with Gasteiger partial charge in [0.1, 0.15) is 5.15 Å². The molecule has 0 aliphatic carbocycles. The fourth-order valence-corrected chi connectivity index (χ4v) is 3.20. The van der Waals surface area contributed by atoms with E-state index in [4.69, 9.17) is 11.6 Å². The van der Waals surface area contributed by atoms with Crippen LogP contribution >= 0.6 is 11.6 Å². The molecule has 0 spiro atoms. The summed E-state index contributed by atoms with van der Waals surface area (Å²) in [6.07, 6.45) is 9.46. The summed E-state index contributed by atoms with van der Waals surface area (Å²) < 4.78 is 0. The standard InChI is InChI=1S/C22H24ClN3/c23-21-17-18(13-16-25-21)9-4-1-2-7-14-24-20-12-8-15-26-22(20)19-10-5-3-6-11-19/h3,5-6,8,10-13,15-17,24H,1-2,4,7,9,14H2. The van der Waals surface area contributed by atoms with Crippen LogP contribution in [0.2, 0.25) is 5.15 Å². The van der Waals surface area contributed by atoms with Crippen LogP contribution in [0.5, 0.6) is 0 Å². The van der Waals surface area contributed by atoms with Crippen LogP contribution in [0.3, 0.4) is 0 Å². The third kappa shape index (κ3) is 5.57. The number of nitrogens with zero attached hydrogens (tertiary/aromatic N) is 2. The van der Waals surface area contributed by atoms with E-state index in [0.717, 1.165) is 36.3 Å². The number of halogens is 1. The van der Waals surface area contributed by atoms with Gasteiger partial charge in [0.15, 0.2) is 0 Å². The maximum atomic E-state index is 5.92. The second kappa shape index (κ2) is 9.93. The molecule has 134 valence electrons. The molecule has 3 nitrogen and oxygen atoms in total. The van der Waals surface area contributed by atoms with Crippen molar-refractivity contribution in [1.82, 2.24) is 9.97 Å². The highest BCUT2D eigenvalue weighted by Crippen LogP contribution is 2.25. The fourth-order valence-electron chi connectivity index (χ4n) is 3.00. The molecule has 0 amide bonds. The maximum absolute atomic E-state index is 5.92. The largest absolute Gasteiger partial charge is 0.383 e. The number of rotatable bonds is 9. The van der Waals surface area contributed by atoms with Crippen molar-refractivity contribution in [2.24, 2.45) is 0 Å². The lowest BCUT2D eigenvalue weighted by Gasteiger charge is -2.11. The molecule has 0 saturated heterocycles. The van der Waals surface area contributed by atoms with Gasteiger partial charge in [-0.25, -0.2) is 4.98 Å². The third-order valence-corrected chi connectivity index (χ3v) is 4.56. The lowest BCUT2D eigenvalue weighted by Crippen LogP contribution is -2.03. The molecule has 0 aliphatic heterocycles. The van der Waals surface area contributed by atoms with Gasteiger partial charge in [0.05, 0.1) is 11.4 Å². The van der Waals surface area contributed by atoms with E-state index < -0.39 is 0 Å². The van der Waals surface area contributed by atoms with Crippen LogP contribution in [0, 0.1) is 0 Å². The molecule has 3 aromatic rings. The lowest BCUT2D eigenvalue weighted by molar-refractivity contribution is 0.654. The molecule has 0 radical (unpaired) electrons. The first kappa shape index (κ1) is 18.4. The SMILES string of the molecule is Clc1cc(CCCCCCNc2cccnc2-c2ccccc2)ccn1. The topological polar surface area (TPSA) is 37.8 Å². The maximum Gasteiger partial charge on any atom is 0.129 e. The molecule has 1 N–H and O–H groups in total. The Morgan fingerprint density at radius 2 is 1.65 bits per heavy atom. The number of nitrogens with one attached hydrogen (secondary N) is 1. The first-order valence-electron chi connectivity index (χ1n) is 9.18. The number of unbranched alkanes of at least 4 members (excludes halogenated alkanes) is 3. The number of aryl methyl sites for hydroxylation is 1. The summed E-state index contributed by atoms with van der Waals surface area (Å²) in [6.45, 7) is 0.965. The highest BCUT2D eigenvalue weighted by atomic mass is 35.5. The molecule has 4 heteroatoms. The number of benzene rings is 1. The Bertz CT molecular complexity index is 805. The van der Waals surface area contributed by atoms with Crippen LogP contribution in [0.4, 0.5) is 5.69 Å². The van der Waals surface area contributed by atoms with Gasteiger partial charge in [-0.3, -0.25) is 4.98 Å². The molecule has 0 aliphatic rings. The lowest BCUT2D eigenvalue weighted by atomic mass is 10.1. The number of pyridine rings is 2. The number of anilines is 1. The minimum atomic E-state index is 0.581. The molecule has 26 heavy (non-hydrogen) atoms. The quantitative estimate of drug-likeness (QED) is 0.372. The highest BCUT2D eigenvalue weighted by molar-refractivity contribution is 6.29.